The highest BCUT2D eigenvalue weighted by atomic mass is 16.2. The Morgan fingerprint density at radius 1 is 1.18 bits per heavy atom. The molecule has 1 saturated carbocycles. The van der Waals surface area contributed by atoms with E-state index < -0.39 is 0 Å². The minimum atomic E-state index is 0.162. The summed E-state index contributed by atoms with van der Waals surface area (Å²) in [6.45, 7) is 1.84. The standard InChI is InChI=1S/C13H25N3O/c1-14-10-12-8-5-9-16(12)13(17)15-11-6-3-2-4-7-11/h11-12,14H,2-10H2,1H3,(H,15,17). The number of urea groups is 1. The van der Waals surface area contributed by atoms with Crippen LogP contribution in [-0.2, 0) is 0 Å². The molecule has 0 radical (unpaired) electrons. The second kappa shape index (κ2) is 6.24. The molecule has 1 aliphatic carbocycles. The molecule has 2 amide bonds. The van der Waals surface area contributed by atoms with Crippen molar-refractivity contribution >= 4 is 6.03 Å². The fraction of sp³-hybridized carbons (Fsp3) is 0.923. The lowest BCUT2D eigenvalue weighted by Gasteiger charge is -2.29. The van der Waals surface area contributed by atoms with Crippen LogP contribution in [-0.4, -0.2) is 43.2 Å². The van der Waals surface area contributed by atoms with E-state index >= 15 is 0 Å². The van der Waals surface area contributed by atoms with Crippen molar-refractivity contribution in [2.75, 3.05) is 20.1 Å². The number of likely N-dealkylation sites (tertiary alicyclic amines) is 1. The maximum atomic E-state index is 12.2. The molecule has 2 N–H and O–H groups in total. The molecule has 2 aliphatic rings. The van der Waals surface area contributed by atoms with Crippen LogP contribution >= 0.6 is 0 Å². The Morgan fingerprint density at radius 2 is 1.94 bits per heavy atom. The van der Waals surface area contributed by atoms with Crippen LogP contribution in [0.1, 0.15) is 44.9 Å². The number of hydrogen-bond donors (Lipinski definition) is 2. The van der Waals surface area contributed by atoms with Gasteiger partial charge in [-0.25, -0.2) is 4.79 Å². The van der Waals surface area contributed by atoms with E-state index in [1.807, 2.05) is 11.9 Å². The van der Waals surface area contributed by atoms with Gasteiger partial charge in [-0.2, -0.15) is 0 Å². The number of carbonyl (C=O) groups excluding carboxylic acids is 1. The molecule has 4 heteroatoms. The number of nitrogens with zero attached hydrogens (tertiary/aromatic N) is 1. The molecule has 2 rings (SSSR count). The topological polar surface area (TPSA) is 44.4 Å². The van der Waals surface area contributed by atoms with Gasteiger partial charge in [-0.3, -0.25) is 0 Å². The molecule has 0 spiro atoms. The van der Waals surface area contributed by atoms with E-state index in [9.17, 15) is 4.79 Å². The Kier molecular flexibility index (Phi) is 4.66. The minimum absolute atomic E-state index is 0.162. The minimum Gasteiger partial charge on any atom is -0.335 e. The van der Waals surface area contributed by atoms with Crippen molar-refractivity contribution in [3.05, 3.63) is 0 Å². The molecule has 1 atom stereocenters. The SMILES string of the molecule is CNCC1CCCN1C(=O)NC1CCCCC1. The van der Waals surface area contributed by atoms with Crippen molar-refractivity contribution in [3.63, 3.8) is 0 Å². The lowest BCUT2D eigenvalue weighted by atomic mass is 9.96. The third-order valence-electron chi connectivity index (χ3n) is 4.01. The summed E-state index contributed by atoms with van der Waals surface area (Å²) in [6, 6.07) is 0.977. The van der Waals surface area contributed by atoms with Crippen molar-refractivity contribution in [3.8, 4) is 0 Å². The molecule has 2 fully saturated rings. The number of amides is 2. The predicted molar refractivity (Wildman–Crippen MR) is 69.1 cm³/mol. The maximum absolute atomic E-state index is 12.2. The third kappa shape index (κ3) is 3.35. The summed E-state index contributed by atoms with van der Waals surface area (Å²) in [5, 5.41) is 6.38. The highest BCUT2D eigenvalue weighted by molar-refractivity contribution is 5.75. The average molecular weight is 239 g/mol. The van der Waals surface area contributed by atoms with E-state index in [-0.39, 0.29) is 6.03 Å². The van der Waals surface area contributed by atoms with Gasteiger partial charge in [0.05, 0.1) is 0 Å². The maximum Gasteiger partial charge on any atom is 0.317 e. The zero-order valence-corrected chi connectivity index (χ0v) is 10.9. The molecule has 0 aromatic heterocycles. The zero-order valence-electron chi connectivity index (χ0n) is 10.9. The molecule has 1 unspecified atom stereocenters. The molecule has 0 aromatic rings. The van der Waals surface area contributed by atoms with Gasteiger partial charge in [0.25, 0.3) is 0 Å². The van der Waals surface area contributed by atoms with Crippen molar-refractivity contribution < 1.29 is 4.79 Å². The molecule has 98 valence electrons. The van der Waals surface area contributed by atoms with Gasteiger partial charge in [0.15, 0.2) is 0 Å². The Bertz CT molecular complexity index is 251. The van der Waals surface area contributed by atoms with E-state index in [2.05, 4.69) is 10.6 Å². The lowest BCUT2D eigenvalue weighted by Crippen LogP contribution is -2.49. The van der Waals surface area contributed by atoms with Gasteiger partial charge in [0, 0.05) is 25.2 Å². The lowest BCUT2D eigenvalue weighted by molar-refractivity contribution is 0.184. The second-order valence-corrected chi connectivity index (χ2v) is 5.33. The summed E-state index contributed by atoms with van der Waals surface area (Å²) >= 11 is 0. The number of carbonyl (C=O) groups is 1. The Labute approximate surface area is 104 Å². The first-order chi connectivity index (χ1) is 8.31. The van der Waals surface area contributed by atoms with Crippen LogP contribution < -0.4 is 10.6 Å². The van der Waals surface area contributed by atoms with Gasteiger partial charge in [-0.15, -0.1) is 0 Å². The second-order valence-electron chi connectivity index (χ2n) is 5.33. The normalized spacial score (nSPS) is 26.2. The van der Waals surface area contributed by atoms with Crippen molar-refractivity contribution in [2.45, 2.75) is 57.0 Å². The highest BCUT2D eigenvalue weighted by Gasteiger charge is 2.29. The van der Waals surface area contributed by atoms with Gasteiger partial charge in [0.1, 0.15) is 0 Å². The van der Waals surface area contributed by atoms with Crippen LogP contribution in [0.3, 0.4) is 0 Å². The molecule has 4 nitrogen and oxygen atoms in total. The van der Waals surface area contributed by atoms with Crippen LogP contribution in [0.4, 0.5) is 4.79 Å². The van der Waals surface area contributed by atoms with E-state index in [0.717, 1.165) is 38.8 Å². The van der Waals surface area contributed by atoms with Crippen LogP contribution in [0, 0.1) is 0 Å². The van der Waals surface area contributed by atoms with Crippen LogP contribution in [0.25, 0.3) is 0 Å². The van der Waals surface area contributed by atoms with Crippen molar-refractivity contribution in [2.24, 2.45) is 0 Å². The number of nitrogens with one attached hydrogen (secondary N) is 2. The number of likely N-dealkylation sites (N-methyl/N-ethyl adjacent to an activating group) is 1. The molecule has 1 heterocycles. The van der Waals surface area contributed by atoms with Crippen LogP contribution in [0.2, 0.25) is 0 Å². The fourth-order valence-corrected chi connectivity index (χ4v) is 3.06. The molecule has 0 bridgehead atoms. The van der Waals surface area contributed by atoms with Gasteiger partial charge in [0.2, 0.25) is 0 Å². The Hall–Kier alpha value is -0.770. The van der Waals surface area contributed by atoms with Gasteiger partial charge < -0.3 is 15.5 Å². The third-order valence-corrected chi connectivity index (χ3v) is 4.01. The first-order valence-electron chi connectivity index (χ1n) is 7.03. The molecule has 17 heavy (non-hydrogen) atoms. The predicted octanol–water partition coefficient (Wildman–Crippen LogP) is 1.71. The summed E-state index contributed by atoms with van der Waals surface area (Å²) in [6.07, 6.45) is 8.48. The van der Waals surface area contributed by atoms with Gasteiger partial charge in [-0.05, 0) is 32.7 Å². The quantitative estimate of drug-likeness (QED) is 0.787. The Balaban J connectivity index is 1.81. The van der Waals surface area contributed by atoms with Crippen LogP contribution in [0.15, 0.2) is 0 Å². The smallest absolute Gasteiger partial charge is 0.317 e. The van der Waals surface area contributed by atoms with Gasteiger partial charge in [-0.1, -0.05) is 19.3 Å². The molecular weight excluding hydrogens is 214 g/mol. The molecule has 1 aliphatic heterocycles. The first kappa shape index (κ1) is 12.7. The largest absolute Gasteiger partial charge is 0.335 e. The number of rotatable bonds is 3. The highest BCUT2D eigenvalue weighted by Crippen LogP contribution is 2.20. The molecule has 0 aromatic carbocycles. The van der Waals surface area contributed by atoms with Crippen molar-refractivity contribution in [1.29, 1.82) is 0 Å². The van der Waals surface area contributed by atoms with Crippen LogP contribution in [0.5, 0.6) is 0 Å². The summed E-state index contributed by atoms with van der Waals surface area (Å²) in [5.41, 5.74) is 0. The molecule has 1 saturated heterocycles. The first-order valence-corrected chi connectivity index (χ1v) is 7.03. The van der Waals surface area contributed by atoms with Crippen molar-refractivity contribution in [1.82, 2.24) is 15.5 Å². The Morgan fingerprint density at radius 3 is 2.65 bits per heavy atom. The van der Waals surface area contributed by atoms with E-state index in [4.69, 9.17) is 0 Å². The van der Waals surface area contributed by atoms with E-state index in [1.54, 1.807) is 0 Å². The average Bonchev–Trinajstić information content (AvgIpc) is 2.79. The number of hydrogen-bond acceptors (Lipinski definition) is 2. The summed E-state index contributed by atoms with van der Waals surface area (Å²) in [4.78, 5) is 14.2. The fourth-order valence-electron chi connectivity index (χ4n) is 3.06. The van der Waals surface area contributed by atoms with Gasteiger partial charge >= 0.3 is 6.03 Å². The summed E-state index contributed by atoms with van der Waals surface area (Å²) in [5.74, 6) is 0. The monoisotopic (exact) mass is 239 g/mol. The van der Waals surface area contributed by atoms with E-state index in [1.165, 1.54) is 19.3 Å². The van der Waals surface area contributed by atoms with E-state index in [0.29, 0.717) is 12.1 Å². The summed E-state index contributed by atoms with van der Waals surface area (Å²) in [7, 11) is 1.95. The molecular formula is C13H25N3O. The summed E-state index contributed by atoms with van der Waals surface area (Å²) < 4.78 is 0. The zero-order chi connectivity index (χ0) is 12.1.